The number of unbranched alkanes of at least 4 members (excludes halogenated alkanes) is 2. The first-order chi connectivity index (χ1) is 20.2. The maximum Gasteiger partial charge on any atom is 0.573 e. The fourth-order valence-corrected chi connectivity index (χ4v) is 8.44. The molecule has 0 radical (unpaired) electrons. The molecule has 2 aromatic carbocycles. The van der Waals surface area contributed by atoms with Gasteiger partial charge in [0, 0.05) is 5.56 Å². The Bertz CT molecular complexity index is 1100. The van der Waals surface area contributed by atoms with Gasteiger partial charge in [0.05, 0.1) is 0 Å². The molecule has 0 atom stereocenters. The molecule has 3 aliphatic carbocycles. The molecule has 0 saturated heterocycles. The van der Waals surface area contributed by atoms with Crippen LogP contribution in [-0.4, -0.2) is 6.36 Å². The third-order valence-corrected chi connectivity index (χ3v) is 10.8. The Morgan fingerprint density at radius 2 is 1.14 bits per heavy atom. The predicted octanol–water partition coefficient (Wildman–Crippen LogP) is 12.0. The lowest BCUT2D eigenvalue weighted by Gasteiger charge is -2.38. The monoisotopic (exact) mass is 590 g/mol. The Kier molecular flexibility index (Phi) is 10.5. The van der Waals surface area contributed by atoms with E-state index in [1.165, 1.54) is 76.3 Å². The highest BCUT2D eigenvalue weighted by Gasteiger charge is 2.34. The van der Waals surface area contributed by atoms with E-state index in [1.54, 1.807) is 24.3 Å². The first kappa shape index (κ1) is 31.3. The number of benzene rings is 2. The smallest absolute Gasteiger partial charge is 0.406 e. The highest BCUT2D eigenvalue weighted by atomic mass is 19.4. The van der Waals surface area contributed by atoms with E-state index in [4.69, 9.17) is 0 Å². The van der Waals surface area contributed by atoms with E-state index in [0.29, 0.717) is 12.8 Å². The second-order valence-electron chi connectivity index (χ2n) is 13.5. The van der Waals surface area contributed by atoms with E-state index in [0.717, 1.165) is 54.6 Å². The maximum absolute atomic E-state index is 15.4. The van der Waals surface area contributed by atoms with Crippen LogP contribution in [0, 0.1) is 29.4 Å². The van der Waals surface area contributed by atoms with Crippen molar-refractivity contribution in [1.82, 2.24) is 0 Å². The van der Waals surface area contributed by atoms with E-state index in [2.05, 4.69) is 11.7 Å². The van der Waals surface area contributed by atoms with Crippen molar-refractivity contribution in [3.8, 4) is 5.75 Å². The van der Waals surface area contributed by atoms with Crippen molar-refractivity contribution in [2.45, 2.75) is 134 Å². The van der Waals surface area contributed by atoms with Gasteiger partial charge in [0.2, 0.25) is 0 Å². The summed E-state index contributed by atoms with van der Waals surface area (Å²) in [6.45, 7) is 2.27. The van der Waals surface area contributed by atoms with Gasteiger partial charge >= 0.3 is 6.36 Å². The van der Waals surface area contributed by atoms with Gasteiger partial charge in [-0.3, -0.25) is 0 Å². The number of alkyl halides is 3. The van der Waals surface area contributed by atoms with Gasteiger partial charge in [0.15, 0.2) is 0 Å². The molecule has 0 aliphatic heterocycles. The zero-order valence-corrected chi connectivity index (χ0v) is 25.0. The fourth-order valence-electron chi connectivity index (χ4n) is 8.44. The highest BCUT2D eigenvalue weighted by Crippen LogP contribution is 2.46. The van der Waals surface area contributed by atoms with Gasteiger partial charge in [-0.05, 0) is 135 Å². The zero-order valence-electron chi connectivity index (χ0n) is 25.0. The molecule has 3 saturated carbocycles. The third-order valence-electron chi connectivity index (χ3n) is 10.8. The molecule has 0 bridgehead atoms. The molecule has 0 aromatic heterocycles. The Labute approximate surface area is 248 Å². The van der Waals surface area contributed by atoms with Gasteiger partial charge in [0.1, 0.15) is 17.4 Å². The Morgan fingerprint density at radius 3 is 1.69 bits per heavy atom. The minimum atomic E-state index is -4.71. The zero-order chi connectivity index (χ0) is 29.7. The van der Waals surface area contributed by atoms with Crippen molar-refractivity contribution in [1.29, 1.82) is 0 Å². The molecule has 2 aromatic rings. The van der Waals surface area contributed by atoms with Crippen LogP contribution >= 0.6 is 0 Å². The largest absolute Gasteiger partial charge is 0.573 e. The third kappa shape index (κ3) is 8.08. The quantitative estimate of drug-likeness (QED) is 0.208. The minimum Gasteiger partial charge on any atom is -0.406 e. The number of hydrogen-bond donors (Lipinski definition) is 0. The summed E-state index contributed by atoms with van der Waals surface area (Å²) in [7, 11) is 0. The lowest BCUT2D eigenvalue weighted by Crippen LogP contribution is -2.25. The van der Waals surface area contributed by atoms with E-state index < -0.39 is 18.0 Å². The van der Waals surface area contributed by atoms with Crippen molar-refractivity contribution in [2.75, 3.05) is 0 Å². The van der Waals surface area contributed by atoms with Gasteiger partial charge in [-0.1, -0.05) is 57.6 Å². The molecule has 0 spiro atoms. The van der Waals surface area contributed by atoms with Crippen LogP contribution in [0.4, 0.5) is 22.0 Å². The fraction of sp³-hybridized carbons (Fsp3) is 0.667. The second kappa shape index (κ2) is 14.1. The number of rotatable bonds is 9. The topological polar surface area (TPSA) is 9.23 Å². The average Bonchev–Trinajstić information content (AvgIpc) is 2.97. The van der Waals surface area contributed by atoms with Gasteiger partial charge in [-0.2, -0.15) is 0 Å². The molecule has 5 rings (SSSR count). The van der Waals surface area contributed by atoms with E-state index in [-0.39, 0.29) is 29.1 Å². The minimum absolute atomic E-state index is 0.165. The number of hydrogen-bond acceptors (Lipinski definition) is 1. The normalized spacial score (nSPS) is 28.9. The van der Waals surface area contributed by atoms with Crippen LogP contribution in [-0.2, 0) is 0 Å². The van der Waals surface area contributed by atoms with Crippen molar-refractivity contribution >= 4 is 0 Å². The molecule has 0 N–H and O–H groups in total. The molecule has 42 heavy (non-hydrogen) atoms. The molecule has 1 nitrogen and oxygen atoms in total. The van der Waals surface area contributed by atoms with E-state index >= 15 is 8.78 Å². The SMILES string of the molecule is CCCCCC1CCC(C2CCC(c3cc(F)c(C4CCC(c5ccc(OC(F)(F)F)cc5)CC4)c(F)c3)CC2)CC1. The highest BCUT2D eigenvalue weighted by molar-refractivity contribution is 5.33. The lowest BCUT2D eigenvalue weighted by molar-refractivity contribution is -0.274. The molecule has 232 valence electrons. The summed E-state index contributed by atoms with van der Waals surface area (Å²) in [6, 6.07) is 9.21. The van der Waals surface area contributed by atoms with Crippen molar-refractivity contribution in [2.24, 2.45) is 17.8 Å². The lowest BCUT2D eigenvalue weighted by atomic mass is 9.68. The summed E-state index contributed by atoms with van der Waals surface area (Å²) in [5.41, 5.74) is 1.98. The van der Waals surface area contributed by atoms with Crippen molar-refractivity contribution < 1.29 is 26.7 Å². The Balaban J connectivity index is 1.11. The summed E-state index contributed by atoms with van der Waals surface area (Å²) in [6.07, 6.45) is 13.4. The summed E-state index contributed by atoms with van der Waals surface area (Å²) < 4.78 is 72.1. The first-order valence-corrected chi connectivity index (χ1v) is 16.5. The molecular weight excluding hydrogens is 543 g/mol. The molecule has 0 unspecified atom stereocenters. The van der Waals surface area contributed by atoms with Gasteiger partial charge in [0.25, 0.3) is 0 Å². The Hall–Kier alpha value is -2.11. The van der Waals surface area contributed by atoms with Crippen LogP contribution in [0.3, 0.4) is 0 Å². The second-order valence-corrected chi connectivity index (χ2v) is 13.5. The van der Waals surface area contributed by atoms with Crippen LogP contribution < -0.4 is 4.74 Å². The Morgan fingerprint density at radius 1 is 0.643 bits per heavy atom. The van der Waals surface area contributed by atoms with Crippen LogP contribution in [0.25, 0.3) is 0 Å². The summed E-state index contributed by atoms with van der Waals surface area (Å²) >= 11 is 0. The van der Waals surface area contributed by atoms with Gasteiger partial charge in [-0.25, -0.2) is 8.78 Å². The van der Waals surface area contributed by atoms with Crippen LogP contribution in [0.15, 0.2) is 36.4 Å². The molecule has 0 heterocycles. The molecule has 3 fully saturated rings. The van der Waals surface area contributed by atoms with E-state index in [9.17, 15) is 13.2 Å². The molecule has 6 heteroatoms. The maximum atomic E-state index is 15.4. The summed E-state index contributed by atoms with van der Waals surface area (Å²) in [5, 5.41) is 0. The van der Waals surface area contributed by atoms with Crippen molar-refractivity contribution in [3.05, 3.63) is 64.7 Å². The van der Waals surface area contributed by atoms with Crippen LogP contribution in [0.5, 0.6) is 5.75 Å². The molecular formula is C36H47F5O. The van der Waals surface area contributed by atoms with Crippen molar-refractivity contribution in [3.63, 3.8) is 0 Å². The van der Waals surface area contributed by atoms with Gasteiger partial charge in [-0.15, -0.1) is 13.2 Å². The summed E-state index contributed by atoms with van der Waals surface area (Å²) in [5.74, 6) is 1.71. The molecule has 0 amide bonds. The number of halogens is 5. The first-order valence-electron chi connectivity index (χ1n) is 16.5. The van der Waals surface area contributed by atoms with Crippen LogP contribution in [0.1, 0.15) is 144 Å². The standard InChI is InChI=1S/C36H47F5O/c1-2-3-4-5-24-6-8-25(9-7-24)26-10-12-29(13-11-26)31-22-33(37)35(34(38)23-31)30-16-14-27(15-17-30)28-18-20-32(21-19-28)42-36(39,40)41/h18-27,29-30H,2-17H2,1H3. The number of ether oxygens (including phenoxy) is 1. The molecule has 3 aliphatic rings. The predicted molar refractivity (Wildman–Crippen MR) is 158 cm³/mol. The summed E-state index contributed by atoms with van der Waals surface area (Å²) in [4.78, 5) is 0. The van der Waals surface area contributed by atoms with Crippen LogP contribution in [0.2, 0.25) is 0 Å². The average molecular weight is 591 g/mol. The van der Waals surface area contributed by atoms with E-state index in [1.807, 2.05) is 0 Å². The van der Waals surface area contributed by atoms with Gasteiger partial charge < -0.3 is 4.74 Å².